The summed E-state index contributed by atoms with van der Waals surface area (Å²) in [4.78, 5) is 16.1. The molecule has 1 aromatic carbocycles. The standard InChI is InChI=1S/C16H14F3N7O2/c1-10-23-24-25-26(10)9-11-6-7-20-14(8-11)22-15(27)21-12-2-4-13(5-3-12)28-16(17,18)19/h2-8H,9H2,1H3,(H2,20,21,22,27). The minimum Gasteiger partial charge on any atom is -0.406 e. The zero-order chi connectivity index (χ0) is 20.1. The Bertz CT molecular complexity index is 957. The minimum absolute atomic E-state index is 0.285. The zero-order valence-corrected chi connectivity index (χ0v) is 14.4. The number of nitrogens with zero attached hydrogens (tertiary/aromatic N) is 5. The monoisotopic (exact) mass is 393 g/mol. The summed E-state index contributed by atoms with van der Waals surface area (Å²) < 4.78 is 41.8. The Morgan fingerprint density at radius 2 is 1.93 bits per heavy atom. The maximum absolute atomic E-state index is 12.1. The SMILES string of the molecule is Cc1nnnn1Cc1ccnc(NC(=O)Nc2ccc(OC(F)(F)F)cc2)c1. The van der Waals surface area contributed by atoms with E-state index in [0.29, 0.717) is 12.4 Å². The van der Waals surface area contributed by atoms with Crippen LogP contribution in [0.1, 0.15) is 11.4 Å². The van der Waals surface area contributed by atoms with Crippen molar-refractivity contribution in [2.45, 2.75) is 19.8 Å². The molecule has 0 fully saturated rings. The van der Waals surface area contributed by atoms with Gasteiger partial charge in [-0.1, -0.05) is 0 Å². The summed E-state index contributed by atoms with van der Waals surface area (Å²) in [6.45, 7) is 2.16. The molecule has 3 rings (SSSR count). The number of ether oxygens (including phenoxy) is 1. The van der Waals surface area contributed by atoms with Gasteiger partial charge in [-0.2, -0.15) is 0 Å². The van der Waals surface area contributed by atoms with E-state index in [9.17, 15) is 18.0 Å². The lowest BCUT2D eigenvalue weighted by Gasteiger charge is -2.11. The molecule has 3 aromatic rings. The fourth-order valence-electron chi connectivity index (χ4n) is 2.23. The number of nitrogens with one attached hydrogen (secondary N) is 2. The molecule has 0 saturated heterocycles. The van der Waals surface area contributed by atoms with Gasteiger partial charge in [0.2, 0.25) is 0 Å². The molecule has 0 saturated carbocycles. The van der Waals surface area contributed by atoms with Crippen molar-refractivity contribution in [3.05, 3.63) is 54.0 Å². The molecule has 2 aromatic heterocycles. The molecule has 2 amide bonds. The van der Waals surface area contributed by atoms with Gasteiger partial charge in [-0.15, -0.1) is 18.3 Å². The number of amides is 2. The lowest BCUT2D eigenvalue weighted by molar-refractivity contribution is -0.274. The third-order valence-electron chi connectivity index (χ3n) is 3.46. The van der Waals surface area contributed by atoms with Crippen LogP contribution in [0.3, 0.4) is 0 Å². The molecule has 0 atom stereocenters. The van der Waals surface area contributed by atoms with Gasteiger partial charge in [-0.3, -0.25) is 5.32 Å². The van der Waals surface area contributed by atoms with Crippen LogP contribution < -0.4 is 15.4 Å². The summed E-state index contributed by atoms with van der Waals surface area (Å²) in [6, 6.07) is 7.56. The lowest BCUT2D eigenvalue weighted by atomic mass is 10.2. The number of aromatic nitrogens is 5. The molecule has 28 heavy (non-hydrogen) atoms. The Kier molecular flexibility index (Phi) is 5.38. The van der Waals surface area contributed by atoms with Crippen LogP contribution in [0.15, 0.2) is 42.6 Å². The normalized spacial score (nSPS) is 11.1. The summed E-state index contributed by atoms with van der Waals surface area (Å²) in [5.41, 5.74) is 1.10. The summed E-state index contributed by atoms with van der Waals surface area (Å²) in [7, 11) is 0. The molecule has 0 radical (unpaired) electrons. The first-order valence-electron chi connectivity index (χ1n) is 7.90. The fourth-order valence-corrected chi connectivity index (χ4v) is 2.23. The highest BCUT2D eigenvalue weighted by Gasteiger charge is 2.30. The van der Waals surface area contributed by atoms with Crippen LogP contribution in [-0.4, -0.2) is 37.6 Å². The molecule has 0 aliphatic carbocycles. The van der Waals surface area contributed by atoms with Crippen molar-refractivity contribution in [3.8, 4) is 5.75 Å². The van der Waals surface area contributed by atoms with Gasteiger partial charge in [0, 0.05) is 11.9 Å². The highest BCUT2D eigenvalue weighted by Crippen LogP contribution is 2.24. The first-order valence-corrected chi connectivity index (χ1v) is 7.90. The first-order chi connectivity index (χ1) is 13.3. The van der Waals surface area contributed by atoms with Crippen molar-refractivity contribution in [3.63, 3.8) is 0 Å². The van der Waals surface area contributed by atoms with Gasteiger partial charge < -0.3 is 10.1 Å². The number of aryl methyl sites for hydroxylation is 1. The average Bonchev–Trinajstić information content (AvgIpc) is 3.00. The number of anilines is 2. The molecule has 12 heteroatoms. The Hall–Kier alpha value is -3.70. The second-order valence-corrected chi connectivity index (χ2v) is 5.58. The molecule has 0 bridgehead atoms. The van der Waals surface area contributed by atoms with E-state index in [0.717, 1.165) is 17.7 Å². The average molecular weight is 393 g/mol. The maximum Gasteiger partial charge on any atom is 0.573 e. The number of urea groups is 1. The van der Waals surface area contributed by atoms with Crippen molar-refractivity contribution in [1.29, 1.82) is 0 Å². The summed E-state index contributed by atoms with van der Waals surface area (Å²) in [5, 5.41) is 16.2. The minimum atomic E-state index is -4.77. The van der Waals surface area contributed by atoms with Crippen LogP contribution in [0.4, 0.5) is 29.5 Å². The largest absolute Gasteiger partial charge is 0.573 e. The molecule has 2 N–H and O–H groups in total. The Morgan fingerprint density at radius 3 is 2.57 bits per heavy atom. The molecule has 0 aliphatic heterocycles. The summed E-state index contributed by atoms with van der Waals surface area (Å²) in [6.07, 6.45) is -3.25. The van der Waals surface area contributed by atoms with E-state index in [1.165, 1.54) is 18.3 Å². The van der Waals surface area contributed by atoms with E-state index < -0.39 is 12.4 Å². The van der Waals surface area contributed by atoms with Crippen LogP contribution in [0.2, 0.25) is 0 Å². The predicted molar refractivity (Wildman–Crippen MR) is 91.7 cm³/mol. The first kappa shape index (κ1) is 19.1. The summed E-state index contributed by atoms with van der Waals surface area (Å²) in [5.74, 6) is 0.547. The van der Waals surface area contributed by atoms with E-state index in [1.807, 2.05) is 0 Å². The molecule has 0 aliphatic rings. The van der Waals surface area contributed by atoms with Gasteiger partial charge in [-0.25, -0.2) is 14.5 Å². The van der Waals surface area contributed by atoms with E-state index in [4.69, 9.17) is 0 Å². The van der Waals surface area contributed by atoms with Crippen LogP contribution in [-0.2, 0) is 6.54 Å². The zero-order valence-electron chi connectivity index (χ0n) is 14.4. The second kappa shape index (κ2) is 7.90. The third kappa shape index (κ3) is 5.40. The van der Waals surface area contributed by atoms with Gasteiger partial charge in [-0.05, 0) is 59.3 Å². The van der Waals surface area contributed by atoms with Gasteiger partial charge in [0.15, 0.2) is 0 Å². The summed E-state index contributed by atoms with van der Waals surface area (Å²) >= 11 is 0. The molecule has 0 unspecified atom stereocenters. The van der Waals surface area contributed by atoms with E-state index in [-0.39, 0.29) is 17.3 Å². The Morgan fingerprint density at radius 1 is 1.18 bits per heavy atom. The van der Waals surface area contributed by atoms with E-state index in [2.05, 4.69) is 35.9 Å². The number of carbonyl (C=O) groups is 1. The number of carbonyl (C=O) groups excluding carboxylic acids is 1. The Labute approximate surface area is 156 Å². The quantitative estimate of drug-likeness (QED) is 0.690. The maximum atomic E-state index is 12.1. The smallest absolute Gasteiger partial charge is 0.406 e. The molecule has 0 spiro atoms. The second-order valence-electron chi connectivity index (χ2n) is 5.58. The highest BCUT2D eigenvalue weighted by molar-refractivity contribution is 5.99. The molecular weight excluding hydrogens is 379 g/mol. The van der Waals surface area contributed by atoms with Crippen molar-refractivity contribution in [2.75, 3.05) is 10.6 Å². The molecule has 146 valence electrons. The lowest BCUT2D eigenvalue weighted by Crippen LogP contribution is -2.20. The van der Waals surface area contributed by atoms with E-state index in [1.54, 1.807) is 23.7 Å². The molecule has 2 heterocycles. The number of pyridine rings is 1. The highest BCUT2D eigenvalue weighted by atomic mass is 19.4. The van der Waals surface area contributed by atoms with Crippen molar-refractivity contribution >= 4 is 17.5 Å². The van der Waals surface area contributed by atoms with Gasteiger partial charge in [0.25, 0.3) is 0 Å². The number of halogens is 3. The number of benzene rings is 1. The van der Waals surface area contributed by atoms with Crippen molar-refractivity contribution in [1.82, 2.24) is 25.2 Å². The third-order valence-corrected chi connectivity index (χ3v) is 3.46. The topological polar surface area (TPSA) is 107 Å². The van der Waals surface area contributed by atoms with Crippen LogP contribution >= 0.6 is 0 Å². The van der Waals surface area contributed by atoms with Gasteiger partial charge in [0.1, 0.15) is 17.4 Å². The number of hydrogen-bond donors (Lipinski definition) is 2. The van der Waals surface area contributed by atoms with Crippen LogP contribution in [0, 0.1) is 6.92 Å². The molecular formula is C16H14F3N7O2. The van der Waals surface area contributed by atoms with Gasteiger partial charge in [0.05, 0.1) is 6.54 Å². The Balaban J connectivity index is 1.59. The number of alkyl halides is 3. The molecule has 9 nitrogen and oxygen atoms in total. The fraction of sp³-hybridized carbons (Fsp3) is 0.188. The van der Waals surface area contributed by atoms with Crippen LogP contribution in [0.5, 0.6) is 5.75 Å². The predicted octanol–water partition coefficient (Wildman–Crippen LogP) is 2.97. The number of hydrogen-bond acceptors (Lipinski definition) is 6. The van der Waals surface area contributed by atoms with Gasteiger partial charge >= 0.3 is 12.4 Å². The van der Waals surface area contributed by atoms with E-state index >= 15 is 0 Å². The van der Waals surface area contributed by atoms with Crippen LogP contribution in [0.25, 0.3) is 0 Å². The van der Waals surface area contributed by atoms with Crippen molar-refractivity contribution in [2.24, 2.45) is 0 Å². The number of tetrazole rings is 1. The number of rotatable bonds is 5. The van der Waals surface area contributed by atoms with Crippen molar-refractivity contribution < 1.29 is 22.7 Å².